The van der Waals surface area contributed by atoms with Gasteiger partial charge in [0.1, 0.15) is 5.82 Å². The largest absolute Gasteiger partial charge is 0.352 e. The number of aliphatic imine (C=N–C) groups is 1. The number of halogens is 1. The lowest BCUT2D eigenvalue weighted by molar-refractivity contribution is -0.135. The van der Waals surface area contributed by atoms with Crippen LogP contribution in [0.5, 0.6) is 0 Å². The summed E-state index contributed by atoms with van der Waals surface area (Å²) in [6.07, 6.45) is 7.16. The highest BCUT2D eigenvalue weighted by atomic mass is 19.1. The standard InChI is InChI=1S/C23H32FN7O/c1-18(22(32)29-8-3-4-9-29)28-11-13-30(14-12-28)23(25-2)27-16-19-5-6-21(20(24)15-19)31-10-7-26-17-31/h5-7,10,15,17-18H,3-4,8-9,11-14,16H2,1-2H3,(H,25,27). The van der Waals surface area contributed by atoms with Crippen molar-refractivity contribution >= 4 is 11.9 Å². The van der Waals surface area contributed by atoms with E-state index < -0.39 is 0 Å². The van der Waals surface area contributed by atoms with Crippen molar-refractivity contribution in [1.29, 1.82) is 0 Å². The predicted molar refractivity (Wildman–Crippen MR) is 122 cm³/mol. The Balaban J connectivity index is 1.29. The lowest BCUT2D eigenvalue weighted by Gasteiger charge is -2.39. The van der Waals surface area contributed by atoms with Gasteiger partial charge in [-0.05, 0) is 37.5 Å². The lowest BCUT2D eigenvalue weighted by atomic mass is 10.2. The molecule has 2 aliphatic heterocycles. The van der Waals surface area contributed by atoms with Gasteiger partial charge in [-0.25, -0.2) is 9.37 Å². The fourth-order valence-corrected chi connectivity index (χ4v) is 4.46. The van der Waals surface area contributed by atoms with Crippen LogP contribution in [-0.2, 0) is 11.3 Å². The summed E-state index contributed by atoms with van der Waals surface area (Å²) in [4.78, 5) is 27.5. The van der Waals surface area contributed by atoms with Crippen LogP contribution >= 0.6 is 0 Å². The second kappa shape index (κ2) is 10.1. The topological polar surface area (TPSA) is 69.0 Å². The first kappa shape index (κ1) is 22.3. The predicted octanol–water partition coefficient (Wildman–Crippen LogP) is 1.72. The Morgan fingerprint density at radius 2 is 1.91 bits per heavy atom. The van der Waals surface area contributed by atoms with Gasteiger partial charge < -0.3 is 19.7 Å². The highest BCUT2D eigenvalue weighted by Crippen LogP contribution is 2.16. The molecule has 0 aliphatic carbocycles. The molecule has 2 aliphatic rings. The van der Waals surface area contributed by atoms with Crippen LogP contribution in [0.25, 0.3) is 5.69 Å². The summed E-state index contributed by atoms with van der Waals surface area (Å²) in [7, 11) is 1.76. The molecule has 1 aromatic heterocycles. The van der Waals surface area contributed by atoms with Gasteiger partial charge in [0.25, 0.3) is 0 Å². The monoisotopic (exact) mass is 441 g/mol. The number of carbonyl (C=O) groups excluding carboxylic acids is 1. The number of amides is 1. The highest BCUT2D eigenvalue weighted by molar-refractivity contribution is 5.82. The van der Waals surface area contributed by atoms with Gasteiger partial charge in [0.2, 0.25) is 5.91 Å². The number of imidazole rings is 1. The minimum atomic E-state index is -0.289. The highest BCUT2D eigenvalue weighted by Gasteiger charge is 2.30. The third-order valence-corrected chi connectivity index (χ3v) is 6.39. The maximum absolute atomic E-state index is 14.5. The maximum Gasteiger partial charge on any atom is 0.239 e. The van der Waals surface area contributed by atoms with E-state index in [1.54, 1.807) is 42.5 Å². The van der Waals surface area contributed by atoms with Crippen molar-refractivity contribution in [3.05, 3.63) is 48.3 Å². The summed E-state index contributed by atoms with van der Waals surface area (Å²) in [5.74, 6) is 0.754. The maximum atomic E-state index is 14.5. The first-order valence-corrected chi connectivity index (χ1v) is 11.3. The molecule has 2 fully saturated rings. The van der Waals surface area contributed by atoms with Crippen molar-refractivity contribution in [1.82, 2.24) is 29.6 Å². The summed E-state index contributed by atoms with van der Waals surface area (Å²) in [6.45, 7) is 7.51. The third kappa shape index (κ3) is 4.93. The Morgan fingerprint density at radius 3 is 2.53 bits per heavy atom. The van der Waals surface area contributed by atoms with Crippen LogP contribution in [0.4, 0.5) is 4.39 Å². The molecule has 1 N–H and O–H groups in total. The Morgan fingerprint density at radius 1 is 1.16 bits per heavy atom. The molecule has 1 atom stereocenters. The Labute approximate surface area is 188 Å². The van der Waals surface area contributed by atoms with Crippen molar-refractivity contribution < 1.29 is 9.18 Å². The molecule has 0 saturated carbocycles. The number of carbonyl (C=O) groups is 1. The van der Waals surface area contributed by atoms with Crippen LogP contribution in [0.15, 0.2) is 41.9 Å². The molecule has 1 amide bonds. The van der Waals surface area contributed by atoms with Crippen molar-refractivity contribution in [2.75, 3.05) is 46.3 Å². The molecule has 1 unspecified atom stereocenters. The molecular weight excluding hydrogens is 409 g/mol. The van der Waals surface area contributed by atoms with Gasteiger partial charge in [-0.1, -0.05) is 6.07 Å². The molecule has 8 nitrogen and oxygen atoms in total. The number of aromatic nitrogens is 2. The van der Waals surface area contributed by atoms with Gasteiger partial charge in [-0.15, -0.1) is 0 Å². The molecule has 32 heavy (non-hydrogen) atoms. The number of hydrogen-bond acceptors (Lipinski definition) is 4. The summed E-state index contributed by atoms with van der Waals surface area (Å²) in [5, 5.41) is 3.34. The average molecular weight is 442 g/mol. The van der Waals surface area contributed by atoms with Gasteiger partial charge >= 0.3 is 0 Å². The van der Waals surface area contributed by atoms with Gasteiger partial charge in [-0.2, -0.15) is 0 Å². The molecule has 4 rings (SSSR count). The average Bonchev–Trinajstić information content (AvgIpc) is 3.54. The molecule has 3 heterocycles. The smallest absolute Gasteiger partial charge is 0.239 e. The second-order valence-corrected chi connectivity index (χ2v) is 8.39. The molecule has 2 saturated heterocycles. The van der Waals surface area contributed by atoms with Crippen LogP contribution in [-0.4, -0.2) is 88.5 Å². The molecule has 2 aromatic rings. The first-order chi connectivity index (χ1) is 15.6. The number of hydrogen-bond donors (Lipinski definition) is 1. The van der Waals surface area contributed by atoms with E-state index in [-0.39, 0.29) is 17.8 Å². The summed E-state index contributed by atoms with van der Waals surface area (Å²) >= 11 is 0. The molecule has 0 spiro atoms. The minimum Gasteiger partial charge on any atom is -0.352 e. The normalized spacial score (nSPS) is 18.8. The fraction of sp³-hybridized carbons (Fsp3) is 0.522. The number of benzene rings is 1. The van der Waals surface area contributed by atoms with Gasteiger partial charge in [0, 0.05) is 65.3 Å². The van der Waals surface area contributed by atoms with Crippen LogP contribution in [0.1, 0.15) is 25.3 Å². The van der Waals surface area contributed by atoms with Crippen molar-refractivity contribution in [3.8, 4) is 5.69 Å². The van der Waals surface area contributed by atoms with Crippen LogP contribution < -0.4 is 5.32 Å². The number of rotatable bonds is 5. The quantitative estimate of drug-likeness (QED) is 0.565. The SMILES string of the molecule is CN=C(NCc1ccc(-n2ccnc2)c(F)c1)N1CCN(C(C)C(=O)N2CCCC2)CC1. The molecule has 172 valence electrons. The molecule has 1 aromatic carbocycles. The van der Waals surface area contributed by atoms with Gasteiger partial charge in [0.05, 0.1) is 18.1 Å². The third-order valence-electron chi connectivity index (χ3n) is 6.39. The number of nitrogens with zero attached hydrogens (tertiary/aromatic N) is 6. The lowest BCUT2D eigenvalue weighted by Crippen LogP contribution is -2.57. The summed E-state index contributed by atoms with van der Waals surface area (Å²) in [5.41, 5.74) is 1.32. The number of piperazine rings is 1. The molecule has 0 bridgehead atoms. The van der Waals surface area contributed by atoms with E-state index in [1.165, 1.54) is 0 Å². The Hall–Kier alpha value is -2.94. The Bertz CT molecular complexity index is 932. The molecule has 9 heteroatoms. The van der Waals surface area contributed by atoms with E-state index in [2.05, 4.69) is 25.1 Å². The van der Waals surface area contributed by atoms with Crippen molar-refractivity contribution in [2.45, 2.75) is 32.4 Å². The van der Waals surface area contributed by atoms with Gasteiger partial charge in [0.15, 0.2) is 5.96 Å². The fourth-order valence-electron chi connectivity index (χ4n) is 4.46. The number of nitrogens with one attached hydrogen (secondary N) is 1. The van der Waals surface area contributed by atoms with E-state index in [1.807, 2.05) is 17.9 Å². The molecular formula is C23H32FN7O. The zero-order valence-corrected chi connectivity index (χ0v) is 18.9. The van der Waals surface area contributed by atoms with E-state index >= 15 is 0 Å². The van der Waals surface area contributed by atoms with Crippen LogP contribution in [0.2, 0.25) is 0 Å². The molecule has 0 radical (unpaired) electrons. The van der Waals surface area contributed by atoms with Crippen LogP contribution in [0.3, 0.4) is 0 Å². The number of guanidine groups is 1. The van der Waals surface area contributed by atoms with Gasteiger partial charge in [-0.3, -0.25) is 14.7 Å². The number of likely N-dealkylation sites (tertiary alicyclic amines) is 1. The van der Waals surface area contributed by atoms with Crippen LogP contribution in [0, 0.1) is 5.82 Å². The summed E-state index contributed by atoms with van der Waals surface area (Å²) < 4.78 is 16.2. The van der Waals surface area contributed by atoms with E-state index in [0.717, 1.165) is 63.6 Å². The van der Waals surface area contributed by atoms with Crippen molar-refractivity contribution in [2.24, 2.45) is 4.99 Å². The zero-order valence-electron chi connectivity index (χ0n) is 18.9. The van der Waals surface area contributed by atoms with E-state index in [4.69, 9.17) is 0 Å². The second-order valence-electron chi connectivity index (χ2n) is 8.39. The Kier molecular flexibility index (Phi) is 7.04. The summed E-state index contributed by atoms with van der Waals surface area (Å²) in [6, 6.07) is 5.12. The van der Waals surface area contributed by atoms with E-state index in [0.29, 0.717) is 12.2 Å². The van der Waals surface area contributed by atoms with Crippen molar-refractivity contribution in [3.63, 3.8) is 0 Å². The minimum absolute atomic E-state index is 0.0813. The van der Waals surface area contributed by atoms with E-state index in [9.17, 15) is 9.18 Å². The first-order valence-electron chi connectivity index (χ1n) is 11.3. The zero-order chi connectivity index (χ0) is 22.5.